The van der Waals surface area contributed by atoms with Gasteiger partial charge >= 0.3 is 0 Å². The number of rotatable bonds is 9. The second-order valence-corrected chi connectivity index (χ2v) is 4.76. The molecule has 1 heterocycles. The molecule has 4 heteroatoms. The van der Waals surface area contributed by atoms with Crippen LogP contribution in [-0.2, 0) is 11.3 Å². The fraction of sp³-hybridized carbons (Fsp3) is 0.500. The van der Waals surface area contributed by atoms with Crippen molar-refractivity contribution in [3.8, 4) is 5.75 Å². The molecule has 0 radical (unpaired) electrons. The minimum Gasteiger partial charge on any atom is -0.494 e. The normalized spacial score (nSPS) is 11.1. The van der Waals surface area contributed by atoms with Crippen molar-refractivity contribution in [1.29, 1.82) is 0 Å². The first-order valence-corrected chi connectivity index (χ1v) is 7.26. The molecule has 0 spiro atoms. The molecule has 1 N–H and O–H groups in total. The maximum atomic E-state index is 5.53. The number of nitrogens with zero attached hydrogens (tertiary/aromatic N) is 1. The van der Waals surface area contributed by atoms with Crippen LogP contribution in [-0.4, -0.2) is 38.0 Å². The fourth-order valence-corrected chi connectivity index (χ4v) is 2.30. The van der Waals surface area contributed by atoms with Gasteiger partial charge in [-0.2, -0.15) is 0 Å². The van der Waals surface area contributed by atoms with Crippen molar-refractivity contribution < 1.29 is 9.47 Å². The standard InChI is InChI=1S/C16H24N2O2/c1-3-20-15-5-6-16-14(13-15)7-11-18(16)10-4-8-17-9-12-19-2/h5-7,11,13,17H,3-4,8-10,12H2,1-2H3. The van der Waals surface area contributed by atoms with Crippen LogP contribution in [0.25, 0.3) is 10.9 Å². The van der Waals surface area contributed by atoms with Gasteiger partial charge < -0.3 is 19.4 Å². The van der Waals surface area contributed by atoms with E-state index in [1.807, 2.05) is 13.0 Å². The highest BCUT2D eigenvalue weighted by atomic mass is 16.5. The maximum absolute atomic E-state index is 5.53. The molecule has 2 rings (SSSR count). The summed E-state index contributed by atoms with van der Waals surface area (Å²) in [6.45, 7) is 6.44. The molecule has 0 saturated carbocycles. The van der Waals surface area contributed by atoms with E-state index in [9.17, 15) is 0 Å². The van der Waals surface area contributed by atoms with E-state index >= 15 is 0 Å². The summed E-state index contributed by atoms with van der Waals surface area (Å²) in [6.07, 6.45) is 3.26. The molecule has 20 heavy (non-hydrogen) atoms. The highest BCUT2D eigenvalue weighted by molar-refractivity contribution is 5.81. The second-order valence-electron chi connectivity index (χ2n) is 4.76. The molecule has 110 valence electrons. The summed E-state index contributed by atoms with van der Waals surface area (Å²) < 4.78 is 12.8. The smallest absolute Gasteiger partial charge is 0.120 e. The molecule has 0 atom stereocenters. The van der Waals surface area contributed by atoms with Gasteiger partial charge in [-0.05, 0) is 44.2 Å². The minimum atomic E-state index is 0.708. The molecule has 0 bridgehead atoms. The van der Waals surface area contributed by atoms with Gasteiger partial charge in [-0.25, -0.2) is 0 Å². The number of ether oxygens (including phenoxy) is 2. The summed E-state index contributed by atoms with van der Waals surface area (Å²) in [6, 6.07) is 8.43. The van der Waals surface area contributed by atoms with Crippen LogP contribution in [0.5, 0.6) is 5.75 Å². The molecular formula is C16H24N2O2. The van der Waals surface area contributed by atoms with Crippen molar-refractivity contribution in [2.24, 2.45) is 0 Å². The Bertz CT molecular complexity index is 522. The van der Waals surface area contributed by atoms with Crippen LogP contribution in [0.1, 0.15) is 13.3 Å². The van der Waals surface area contributed by atoms with Crippen molar-refractivity contribution >= 4 is 10.9 Å². The first-order chi connectivity index (χ1) is 9.85. The van der Waals surface area contributed by atoms with Crippen molar-refractivity contribution in [2.75, 3.05) is 33.4 Å². The van der Waals surface area contributed by atoms with E-state index in [-0.39, 0.29) is 0 Å². The predicted octanol–water partition coefficient (Wildman–Crippen LogP) is 2.67. The zero-order valence-electron chi connectivity index (χ0n) is 12.4. The van der Waals surface area contributed by atoms with E-state index < -0.39 is 0 Å². The molecule has 0 aliphatic heterocycles. The number of hydrogen-bond acceptors (Lipinski definition) is 3. The van der Waals surface area contributed by atoms with E-state index in [2.05, 4.69) is 34.3 Å². The summed E-state index contributed by atoms with van der Waals surface area (Å²) in [7, 11) is 1.73. The minimum absolute atomic E-state index is 0.708. The van der Waals surface area contributed by atoms with Crippen molar-refractivity contribution in [3.05, 3.63) is 30.5 Å². The lowest BCUT2D eigenvalue weighted by atomic mass is 10.2. The first kappa shape index (κ1) is 14.9. The Morgan fingerprint density at radius 2 is 2.10 bits per heavy atom. The number of nitrogens with one attached hydrogen (secondary N) is 1. The third-order valence-corrected chi connectivity index (χ3v) is 3.29. The molecule has 0 aliphatic carbocycles. The summed E-state index contributed by atoms with van der Waals surface area (Å²) in [4.78, 5) is 0. The van der Waals surface area contributed by atoms with Gasteiger partial charge in [-0.1, -0.05) is 0 Å². The zero-order valence-corrected chi connectivity index (χ0v) is 12.4. The number of aryl methyl sites for hydroxylation is 1. The molecule has 1 aromatic heterocycles. The van der Waals surface area contributed by atoms with Gasteiger partial charge in [0, 0.05) is 37.3 Å². The molecule has 4 nitrogen and oxygen atoms in total. The Balaban J connectivity index is 1.87. The Hall–Kier alpha value is -1.52. The van der Waals surface area contributed by atoms with Crippen LogP contribution < -0.4 is 10.1 Å². The van der Waals surface area contributed by atoms with Crippen LogP contribution in [0.2, 0.25) is 0 Å². The molecule has 2 aromatic rings. The molecular weight excluding hydrogens is 252 g/mol. The third kappa shape index (κ3) is 3.99. The van der Waals surface area contributed by atoms with Gasteiger partial charge in [0.15, 0.2) is 0 Å². The summed E-state index contributed by atoms with van der Waals surface area (Å²) in [5.74, 6) is 0.944. The third-order valence-electron chi connectivity index (χ3n) is 3.29. The van der Waals surface area contributed by atoms with Crippen molar-refractivity contribution in [3.63, 3.8) is 0 Å². The molecule has 0 amide bonds. The predicted molar refractivity (Wildman–Crippen MR) is 82.5 cm³/mol. The van der Waals surface area contributed by atoms with E-state index in [1.54, 1.807) is 7.11 Å². The monoisotopic (exact) mass is 276 g/mol. The highest BCUT2D eigenvalue weighted by Crippen LogP contribution is 2.22. The SMILES string of the molecule is CCOc1ccc2c(ccn2CCCNCCOC)c1. The maximum Gasteiger partial charge on any atom is 0.120 e. The van der Waals surface area contributed by atoms with Gasteiger partial charge in [-0.15, -0.1) is 0 Å². The van der Waals surface area contributed by atoms with Gasteiger partial charge in [-0.3, -0.25) is 0 Å². The number of benzene rings is 1. The lowest BCUT2D eigenvalue weighted by Gasteiger charge is -2.08. The average Bonchev–Trinajstić information content (AvgIpc) is 2.86. The second kappa shape index (κ2) is 7.92. The molecule has 0 unspecified atom stereocenters. The zero-order chi connectivity index (χ0) is 14.2. The summed E-state index contributed by atoms with van der Waals surface area (Å²) in [5, 5.41) is 4.60. The van der Waals surface area contributed by atoms with Crippen LogP contribution >= 0.6 is 0 Å². The number of methoxy groups -OCH3 is 1. The van der Waals surface area contributed by atoms with E-state index in [0.717, 1.165) is 38.4 Å². The van der Waals surface area contributed by atoms with Crippen LogP contribution in [0.4, 0.5) is 0 Å². The lowest BCUT2D eigenvalue weighted by Crippen LogP contribution is -2.21. The lowest BCUT2D eigenvalue weighted by molar-refractivity contribution is 0.199. The van der Waals surface area contributed by atoms with Gasteiger partial charge in [0.1, 0.15) is 5.75 Å². The largest absolute Gasteiger partial charge is 0.494 e. The van der Waals surface area contributed by atoms with Gasteiger partial charge in [0.25, 0.3) is 0 Å². The van der Waals surface area contributed by atoms with Crippen LogP contribution in [0, 0.1) is 0 Å². The van der Waals surface area contributed by atoms with Crippen molar-refractivity contribution in [2.45, 2.75) is 19.9 Å². The topological polar surface area (TPSA) is 35.4 Å². The number of hydrogen-bond donors (Lipinski definition) is 1. The Kier molecular flexibility index (Phi) is 5.89. The quantitative estimate of drug-likeness (QED) is 0.715. The van der Waals surface area contributed by atoms with Gasteiger partial charge in [0.2, 0.25) is 0 Å². The Morgan fingerprint density at radius 3 is 2.90 bits per heavy atom. The summed E-state index contributed by atoms with van der Waals surface area (Å²) in [5.41, 5.74) is 1.27. The fourth-order valence-electron chi connectivity index (χ4n) is 2.30. The van der Waals surface area contributed by atoms with Gasteiger partial charge in [0.05, 0.1) is 13.2 Å². The van der Waals surface area contributed by atoms with Crippen molar-refractivity contribution in [1.82, 2.24) is 9.88 Å². The number of aromatic nitrogens is 1. The van der Waals surface area contributed by atoms with E-state index in [4.69, 9.17) is 9.47 Å². The van der Waals surface area contributed by atoms with E-state index in [0.29, 0.717) is 6.61 Å². The van der Waals surface area contributed by atoms with E-state index in [1.165, 1.54) is 10.9 Å². The Labute approximate surface area is 120 Å². The average molecular weight is 276 g/mol. The molecule has 0 fully saturated rings. The van der Waals surface area contributed by atoms with Crippen LogP contribution in [0.15, 0.2) is 30.5 Å². The Morgan fingerprint density at radius 1 is 1.20 bits per heavy atom. The molecule has 0 aliphatic rings. The highest BCUT2D eigenvalue weighted by Gasteiger charge is 2.02. The first-order valence-electron chi connectivity index (χ1n) is 7.26. The molecule has 0 saturated heterocycles. The van der Waals surface area contributed by atoms with Crippen LogP contribution in [0.3, 0.4) is 0 Å². The number of fused-ring (bicyclic) bond motifs is 1. The summed E-state index contributed by atoms with van der Waals surface area (Å²) >= 11 is 0. The molecule has 1 aromatic carbocycles.